The fraction of sp³-hybridized carbons (Fsp3) is 0.929. The molecule has 0 unspecified atom stereocenters. The lowest BCUT2D eigenvalue weighted by Gasteiger charge is -2.15. The first kappa shape index (κ1) is 14.5. The second-order valence-corrected chi connectivity index (χ2v) is 5.15. The van der Waals surface area contributed by atoms with Crippen molar-refractivity contribution in [3.05, 3.63) is 0 Å². The molecule has 1 amide bonds. The van der Waals surface area contributed by atoms with E-state index in [0.29, 0.717) is 13.0 Å². The SMILES string of the molecule is CCCCCCCCCC(=O)N1CC[C@H](O)C1. The van der Waals surface area contributed by atoms with Gasteiger partial charge in [0.25, 0.3) is 0 Å². The quantitative estimate of drug-likeness (QED) is 0.664. The molecule has 1 atom stereocenters. The van der Waals surface area contributed by atoms with E-state index in [2.05, 4.69) is 6.92 Å². The summed E-state index contributed by atoms with van der Waals surface area (Å²) < 4.78 is 0. The van der Waals surface area contributed by atoms with Crippen LogP contribution >= 0.6 is 0 Å². The van der Waals surface area contributed by atoms with Crippen molar-refractivity contribution in [1.82, 2.24) is 4.90 Å². The summed E-state index contributed by atoms with van der Waals surface area (Å²) in [4.78, 5) is 13.5. The Bertz CT molecular complexity index is 218. The second-order valence-electron chi connectivity index (χ2n) is 5.15. The molecule has 0 radical (unpaired) electrons. The third-order valence-corrected chi connectivity index (χ3v) is 3.51. The summed E-state index contributed by atoms with van der Waals surface area (Å²) in [6.45, 7) is 3.52. The second kappa shape index (κ2) is 8.51. The molecule has 1 rings (SSSR count). The normalized spacial score (nSPS) is 19.9. The summed E-state index contributed by atoms with van der Waals surface area (Å²) in [6.07, 6.45) is 9.85. The van der Waals surface area contributed by atoms with Gasteiger partial charge in [-0.2, -0.15) is 0 Å². The number of β-amino-alcohol motifs (C(OH)–C–C–N with tert-alkyl or cyclic N) is 1. The number of aliphatic hydroxyl groups excluding tert-OH is 1. The van der Waals surface area contributed by atoms with Gasteiger partial charge in [-0.05, 0) is 12.8 Å². The number of nitrogens with zero attached hydrogens (tertiary/aromatic N) is 1. The van der Waals surface area contributed by atoms with Crippen LogP contribution in [0.1, 0.15) is 64.7 Å². The van der Waals surface area contributed by atoms with Crippen molar-refractivity contribution < 1.29 is 9.90 Å². The fourth-order valence-electron chi connectivity index (χ4n) is 2.36. The van der Waals surface area contributed by atoms with E-state index in [-0.39, 0.29) is 12.0 Å². The molecule has 0 aromatic rings. The first-order valence-corrected chi connectivity index (χ1v) is 7.20. The lowest BCUT2D eigenvalue weighted by Crippen LogP contribution is -2.29. The van der Waals surface area contributed by atoms with Gasteiger partial charge in [0.2, 0.25) is 5.91 Å². The minimum absolute atomic E-state index is 0.232. The Kier molecular flexibility index (Phi) is 7.25. The predicted molar refractivity (Wildman–Crippen MR) is 69.8 cm³/mol. The number of likely N-dealkylation sites (tertiary alicyclic amines) is 1. The monoisotopic (exact) mass is 241 g/mol. The molecule has 1 saturated heterocycles. The molecule has 0 aromatic carbocycles. The van der Waals surface area contributed by atoms with E-state index in [1.807, 2.05) is 4.90 Å². The van der Waals surface area contributed by atoms with Crippen LogP contribution < -0.4 is 0 Å². The number of aliphatic hydroxyl groups is 1. The van der Waals surface area contributed by atoms with Gasteiger partial charge in [0, 0.05) is 19.5 Å². The molecule has 3 heteroatoms. The summed E-state index contributed by atoms with van der Waals surface area (Å²) in [5.74, 6) is 0.232. The summed E-state index contributed by atoms with van der Waals surface area (Å²) in [5, 5.41) is 9.35. The zero-order valence-corrected chi connectivity index (χ0v) is 11.2. The Balaban J connectivity index is 1.93. The van der Waals surface area contributed by atoms with Gasteiger partial charge < -0.3 is 10.0 Å². The zero-order chi connectivity index (χ0) is 12.5. The van der Waals surface area contributed by atoms with Crippen molar-refractivity contribution in [3.63, 3.8) is 0 Å². The predicted octanol–water partition coefficient (Wildman–Crippen LogP) is 2.72. The maximum atomic E-state index is 11.7. The minimum Gasteiger partial charge on any atom is -0.391 e. The number of hydrogen-bond acceptors (Lipinski definition) is 2. The van der Waals surface area contributed by atoms with E-state index in [1.54, 1.807) is 0 Å². The van der Waals surface area contributed by atoms with Crippen LogP contribution in [0.25, 0.3) is 0 Å². The van der Waals surface area contributed by atoms with Crippen molar-refractivity contribution in [3.8, 4) is 0 Å². The van der Waals surface area contributed by atoms with E-state index in [9.17, 15) is 9.90 Å². The van der Waals surface area contributed by atoms with Crippen LogP contribution in [0.5, 0.6) is 0 Å². The van der Waals surface area contributed by atoms with Gasteiger partial charge in [-0.15, -0.1) is 0 Å². The first-order valence-electron chi connectivity index (χ1n) is 7.20. The molecule has 100 valence electrons. The van der Waals surface area contributed by atoms with E-state index in [0.717, 1.165) is 19.4 Å². The highest BCUT2D eigenvalue weighted by Crippen LogP contribution is 2.13. The maximum Gasteiger partial charge on any atom is 0.222 e. The van der Waals surface area contributed by atoms with Gasteiger partial charge in [0.1, 0.15) is 0 Å². The highest BCUT2D eigenvalue weighted by atomic mass is 16.3. The van der Waals surface area contributed by atoms with Crippen LogP contribution in [0.4, 0.5) is 0 Å². The third kappa shape index (κ3) is 6.06. The number of carbonyl (C=O) groups is 1. The van der Waals surface area contributed by atoms with Gasteiger partial charge in [-0.25, -0.2) is 0 Å². The summed E-state index contributed by atoms with van der Waals surface area (Å²) in [5.41, 5.74) is 0. The molecule has 1 aliphatic rings. The molecule has 1 aliphatic heterocycles. The van der Waals surface area contributed by atoms with Crippen LogP contribution in [-0.2, 0) is 4.79 Å². The Morgan fingerprint density at radius 1 is 1.18 bits per heavy atom. The number of hydrogen-bond donors (Lipinski definition) is 1. The van der Waals surface area contributed by atoms with Gasteiger partial charge in [-0.3, -0.25) is 4.79 Å². The summed E-state index contributed by atoms with van der Waals surface area (Å²) >= 11 is 0. The minimum atomic E-state index is -0.284. The molecule has 1 heterocycles. The van der Waals surface area contributed by atoms with Crippen molar-refractivity contribution in [2.45, 2.75) is 70.8 Å². The van der Waals surface area contributed by atoms with E-state index >= 15 is 0 Å². The molecule has 0 saturated carbocycles. The fourth-order valence-corrected chi connectivity index (χ4v) is 2.36. The smallest absolute Gasteiger partial charge is 0.222 e. The molecule has 0 aliphatic carbocycles. The third-order valence-electron chi connectivity index (χ3n) is 3.51. The van der Waals surface area contributed by atoms with E-state index < -0.39 is 0 Å². The number of carbonyl (C=O) groups excluding carboxylic acids is 1. The molecule has 1 fully saturated rings. The Morgan fingerprint density at radius 2 is 1.82 bits per heavy atom. The lowest BCUT2D eigenvalue weighted by molar-refractivity contribution is -0.130. The molecule has 1 N–H and O–H groups in total. The van der Waals surface area contributed by atoms with Gasteiger partial charge in [-0.1, -0.05) is 45.4 Å². The molecule has 0 bridgehead atoms. The van der Waals surface area contributed by atoms with Gasteiger partial charge >= 0.3 is 0 Å². The average molecular weight is 241 g/mol. The van der Waals surface area contributed by atoms with E-state index in [1.165, 1.54) is 38.5 Å². The Morgan fingerprint density at radius 3 is 2.41 bits per heavy atom. The lowest BCUT2D eigenvalue weighted by atomic mass is 10.1. The average Bonchev–Trinajstić information content (AvgIpc) is 2.74. The highest BCUT2D eigenvalue weighted by Gasteiger charge is 2.23. The molecular weight excluding hydrogens is 214 g/mol. The van der Waals surface area contributed by atoms with Crippen molar-refractivity contribution in [1.29, 1.82) is 0 Å². The Hall–Kier alpha value is -0.570. The number of unbranched alkanes of at least 4 members (excludes halogenated alkanes) is 6. The van der Waals surface area contributed by atoms with Crippen LogP contribution in [0.3, 0.4) is 0 Å². The topological polar surface area (TPSA) is 40.5 Å². The Labute approximate surface area is 105 Å². The molecule has 0 spiro atoms. The number of amides is 1. The zero-order valence-electron chi connectivity index (χ0n) is 11.2. The van der Waals surface area contributed by atoms with Gasteiger partial charge in [0.05, 0.1) is 6.10 Å². The summed E-state index contributed by atoms with van der Waals surface area (Å²) in [7, 11) is 0. The van der Waals surface area contributed by atoms with Crippen LogP contribution in [0, 0.1) is 0 Å². The van der Waals surface area contributed by atoms with Crippen molar-refractivity contribution in [2.75, 3.05) is 13.1 Å². The van der Waals surface area contributed by atoms with Crippen molar-refractivity contribution >= 4 is 5.91 Å². The van der Waals surface area contributed by atoms with Crippen molar-refractivity contribution in [2.24, 2.45) is 0 Å². The van der Waals surface area contributed by atoms with Crippen LogP contribution in [-0.4, -0.2) is 35.1 Å². The molecule has 0 aromatic heterocycles. The number of rotatable bonds is 8. The van der Waals surface area contributed by atoms with Crippen LogP contribution in [0.2, 0.25) is 0 Å². The molecule has 17 heavy (non-hydrogen) atoms. The summed E-state index contributed by atoms with van der Waals surface area (Å²) in [6, 6.07) is 0. The van der Waals surface area contributed by atoms with E-state index in [4.69, 9.17) is 0 Å². The first-order chi connectivity index (χ1) is 8.24. The highest BCUT2D eigenvalue weighted by molar-refractivity contribution is 5.76. The molecular formula is C14H27NO2. The largest absolute Gasteiger partial charge is 0.391 e. The maximum absolute atomic E-state index is 11.7. The van der Waals surface area contributed by atoms with Gasteiger partial charge in [0.15, 0.2) is 0 Å². The van der Waals surface area contributed by atoms with Crippen LogP contribution in [0.15, 0.2) is 0 Å². The standard InChI is InChI=1S/C14H27NO2/c1-2-3-4-5-6-7-8-9-14(17)15-11-10-13(16)12-15/h13,16H,2-12H2,1H3/t13-/m0/s1. The molecule has 3 nitrogen and oxygen atoms in total.